The highest BCUT2D eigenvalue weighted by Gasteiger charge is 2.14. The van der Waals surface area contributed by atoms with E-state index >= 15 is 0 Å². The van der Waals surface area contributed by atoms with E-state index in [2.05, 4.69) is 0 Å². The normalized spacial score (nSPS) is 9.88. The molecule has 0 radical (unpaired) electrons. The van der Waals surface area contributed by atoms with Gasteiger partial charge in [0.2, 0.25) is 0 Å². The predicted octanol–water partition coefficient (Wildman–Crippen LogP) is 2.50. The molecule has 0 saturated heterocycles. The van der Waals surface area contributed by atoms with Gasteiger partial charge in [0.15, 0.2) is 0 Å². The predicted molar refractivity (Wildman–Crippen MR) is 58.1 cm³/mol. The summed E-state index contributed by atoms with van der Waals surface area (Å²) in [4.78, 5) is 9.99. The van der Waals surface area contributed by atoms with Crippen molar-refractivity contribution < 1.29 is 9.66 Å². The maximum Gasteiger partial charge on any atom is 0.287 e. The van der Waals surface area contributed by atoms with Crippen molar-refractivity contribution in [2.45, 2.75) is 13.8 Å². The first-order valence-electron chi connectivity index (χ1n) is 4.86. The van der Waals surface area contributed by atoms with E-state index < -0.39 is 4.92 Å². The van der Waals surface area contributed by atoms with Crippen LogP contribution >= 0.6 is 0 Å². The molecule has 1 aromatic carbocycles. The molecule has 0 atom stereocenters. The number of nitro groups is 1. The highest BCUT2D eigenvalue weighted by Crippen LogP contribution is 2.23. The van der Waals surface area contributed by atoms with Gasteiger partial charge < -0.3 is 4.74 Å². The summed E-state index contributed by atoms with van der Waals surface area (Å²) in [6.07, 6.45) is 0. The zero-order valence-electron chi connectivity index (χ0n) is 9.14. The van der Waals surface area contributed by atoms with Gasteiger partial charge in [0.05, 0.1) is 11.5 Å². The molecule has 84 valence electrons. The van der Waals surface area contributed by atoms with Gasteiger partial charge in [-0.05, 0) is 12.0 Å². The van der Waals surface area contributed by atoms with E-state index in [-0.39, 0.29) is 11.3 Å². The first-order chi connectivity index (χ1) is 7.54. The Morgan fingerprint density at radius 2 is 2.25 bits per heavy atom. The Bertz CT molecular complexity index is 435. The van der Waals surface area contributed by atoms with E-state index in [9.17, 15) is 10.1 Å². The van der Waals surface area contributed by atoms with Gasteiger partial charge in [-0.15, -0.1) is 0 Å². The summed E-state index contributed by atoms with van der Waals surface area (Å²) >= 11 is 0. The standard InChI is InChI=1S/C11H12N2O3/c1-8(2)7-16-10-3-4-11(13(14)15)9(5-10)6-12/h3-5,8H,7H2,1-2H3. The van der Waals surface area contributed by atoms with Crippen LogP contribution in [0, 0.1) is 27.4 Å². The first-order valence-corrected chi connectivity index (χ1v) is 4.86. The topological polar surface area (TPSA) is 76.2 Å². The highest BCUT2D eigenvalue weighted by atomic mass is 16.6. The minimum Gasteiger partial charge on any atom is -0.493 e. The maximum atomic E-state index is 10.6. The summed E-state index contributed by atoms with van der Waals surface area (Å²) in [6, 6.07) is 5.96. The number of ether oxygens (including phenoxy) is 1. The maximum absolute atomic E-state index is 10.6. The van der Waals surface area contributed by atoms with Crippen molar-refractivity contribution in [2.75, 3.05) is 6.61 Å². The molecule has 16 heavy (non-hydrogen) atoms. The third kappa shape index (κ3) is 2.95. The van der Waals surface area contributed by atoms with Gasteiger partial charge in [-0.25, -0.2) is 0 Å². The second kappa shape index (κ2) is 5.12. The van der Waals surface area contributed by atoms with Gasteiger partial charge in [-0.2, -0.15) is 5.26 Å². The molecule has 0 spiro atoms. The second-order valence-electron chi connectivity index (χ2n) is 3.75. The van der Waals surface area contributed by atoms with Gasteiger partial charge in [0.25, 0.3) is 5.69 Å². The van der Waals surface area contributed by atoms with Crippen LogP contribution < -0.4 is 4.74 Å². The second-order valence-corrected chi connectivity index (χ2v) is 3.75. The molecule has 0 amide bonds. The molecule has 0 unspecified atom stereocenters. The summed E-state index contributed by atoms with van der Waals surface area (Å²) < 4.78 is 5.37. The lowest BCUT2D eigenvalue weighted by Gasteiger charge is -2.08. The zero-order valence-corrected chi connectivity index (χ0v) is 9.14. The molecular weight excluding hydrogens is 208 g/mol. The fourth-order valence-electron chi connectivity index (χ4n) is 1.12. The zero-order chi connectivity index (χ0) is 12.1. The highest BCUT2D eigenvalue weighted by molar-refractivity contribution is 5.52. The summed E-state index contributed by atoms with van der Waals surface area (Å²) in [5.41, 5.74) is -0.175. The quantitative estimate of drug-likeness (QED) is 0.577. The molecule has 5 nitrogen and oxygen atoms in total. The van der Waals surface area contributed by atoms with Gasteiger partial charge >= 0.3 is 0 Å². The van der Waals surface area contributed by atoms with Gasteiger partial charge in [-0.1, -0.05) is 13.8 Å². The van der Waals surface area contributed by atoms with Gasteiger partial charge in [0, 0.05) is 12.1 Å². The van der Waals surface area contributed by atoms with Crippen molar-refractivity contribution in [1.29, 1.82) is 5.26 Å². The number of hydrogen-bond donors (Lipinski definition) is 0. The average Bonchev–Trinajstić information content (AvgIpc) is 2.25. The van der Waals surface area contributed by atoms with E-state index in [1.165, 1.54) is 18.2 Å². The third-order valence-electron chi connectivity index (χ3n) is 1.87. The lowest BCUT2D eigenvalue weighted by molar-refractivity contribution is -0.385. The Balaban J connectivity index is 2.92. The Morgan fingerprint density at radius 1 is 1.56 bits per heavy atom. The fraction of sp³-hybridized carbons (Fsp3) is 0.364. The van der Waals surface area contributed by atoms with Crippen LogP contribution in [0.2, 0.25) is 0 Å². The Morgan fingerprint density at radius 3 is 2.75 bits per heavy atom. The van der Waals surface area contributed by atoms with Crippen LogP contribution in [-0.4, -0.2) is 11.5 Å². The molecule has 0 aliphatic heterocycles. The Hall–Kier alpha value is -2.09. The number of hydrogen-bond acceptors (Lipinski definition) is 4. The molecule has 5 heteroatoms. The molecule has 1 aromatic rings. The van der Waals surface area contributed by atoms with E-state index in [1.807, 2.05) is 13.8 Å². The summed E-state index contributed by atoms with van der Waals surface area (Å²) in [6.45, 7) is 4.51. The summed E-state index contributed by atoms with van der Waals surface area (Å²) in [5.74, 6) is 0.844. The minimum absolute atomic E-state index is 0.0197. The SMILES string of the molecule is CC(C)COc1ccc([N+](=O)[O-])c(C#N)c1. The Kier molecular flexibility index (Phi) is 3.84. The molecule has 1 rings (SSSR count). The van der Waals surface area contributed by atoms with Crippen LogP contribution in [0.3, 0.4) is 0 Å². The number of benzene rings is 1. The molecule has 0 aliphatic rings. The van der Waals surface area contributed by atoms with Crippen LogP contribution in [0.4, 0.5) is 5.69 Å². The lowest BCUT2D eigenvalue weighted by atomic mass is 10.2. The number of nitriles is 1. The fourth-order valence-corrected chi connectivity index (χ4v) is 1.12. The van der Waals surface area contributed by atoms with Crippen LogP contribution in [-0.2, 0) is 0 Å². The van der Waals surface area contributed by atoms with Crippen LogP contribution in [0.25, 0.3) is 0 Å². The van der Waals surface area contributed by atoms with Crippen molar-refractivity contribution in [3.63, 3.8) is 0 Å². The van der Waals surface area contributed by atoms with E-state index in [0.29, 0.717) is 18.3 Å². The molecule has 0 bridgehead atoms. The average molecular weight is 220 g/mol. The summed E-state index contributed by atoms with van der Waals surface area (Å²) in [5, 5.41) is 19.3. The van der Waals surface area contributed by atoms with Crippen molar-refractivity contribution in [3.05, 3.63) is 33.9 Å². The van der Waals surface area contributed by atoms with Crippen LogP contribution in [0.5, 0.6) is 5.75 Å². The number of nitrogens with zero attached hydrogens (tertiary/aromatic N) is 2. The molecule has 0 aromatic heterocycles. The first kappa shape index (κ1) is 12.0. The van der Waals surface area contributed by atoms with Crippen molar-refractivity contribution in [1.82, 2.24) is 0 Å². The Labute approximate surface area is 93.4 Å². The van der Waals surface area contributed by atoms with E-state index in [4.69, 9.17) is 10.00 Å². The van der Waals surface area contributed by atoms with Crippen molar-refractivity contribution >= 4 is 5.69 Å². The monoisotopic (exact) mass is 220 g/mol. The lowest BCUT2D eigenvalue weighted by Crippen LogP contribution is -2.04. The van der Waals surface area contributed by atoms with E-state index in [0.717, 1.165) is 0 Å². The largest absolute Gasteiger partial charge is 0.493 e. The molecule has 0 fully saturated rings. The smallest absolute Gasteiger partial charge is 0.287 e. The minimum atomic E-state index is -0.579. The summed E-state index contributed by atoms with van der Waals surface area (Å²) in [7, 11) is 0. The van der Waals surface area contributed by atoms with Crippen molar-refractivity contribution in [3.8, 4) is 11.8 Å². The van der Waals surface area contributed by atoms with Gasteiger partial charge in [-0.3, -0.25) is 10.1 Å². The molecule has 0 aliphatic carbocycles. The molecule has 0 N–H and O–H groups in total. The van der Waals surface area contributed by atoms with E-state index in [1.54, 1.807) is 6.07 Å². The molecular formula is C11H12N2O3. The van der Waals surface area contributed by atoms with Gasteiger partial charge in [0.1, 0.15) is 17.4 Å². The third-order valence-corrected chi connectivity index (χ3v) is 1.87. The van der Waals surface area contributed by atoms with Crippen LogP contribution in [0.1, 0.15) is 19.4 Å². The molecule has 0 heterocycles. The number of nitro benzene ring substituents is 1. The molecule has 0 saturated carbocycles. The number of rotatable bonds is 4. The van der Waals surface area contributed by atoms with Crippen molar-refractivity contribution in [2.24, 2.45) is 5.92 Å². The van der Waals surface area contributed by atoms with Crippen LogP contribution in [0.15, 0.2) is 18.2 Å².